The number of carbonyl (C=O) groups is 2. The van der Waals surface area contributed by atoms with Crippen molar-refractivity contribution in [1.29, 1.82) is 0 Å². The Morgan fingerprint density at radius 2 is 2.00 bits per heavy atom. The second kappa shape index (κ2) is 7.09. The molecule has 0 aliphatic heterocycles. The molecule has 0 saturated carbocycles. The summed E-state index contributed by atoms with van der Waals surface area (Å²) in [6.07, 6.45) is -1.05. The summed E-state index contributed by atoms with van der Waals surface area (Å²) in [6.45, 7) is 1.42. The number of hydrogen-bond donors (Lipinski definition) is 1. The summed E-state index contributed by atoms with van der Waals surface area (Å²) in [7, 11) is 0. The molecule has 0 aliphatic rings. The van der Waals surface area contributed by atoms with Crippen molar-refractivity contribution in [3.63, 3.8) is 0 Å². The zero-order valence-electron chi connectivity index (χ0n) is 11.2. The predicted octanol–water partition coefficient (Wildman–Crippen LogP) is 4.38. The molecule has 1 aromatic heterocycles. The Kier molecular flexibility index (Phi) is 5.39. The van der Waals surface area contributed by atoms with Crippen molar-refractivity contribution in [3.8, 4) is 0 Å². The van der Waals surface area contributed by atoms with Gasteiger partial charge in [-0.15, -0.1) is 11.3 Å². The average molecular weight is 362 g/mol. The molecule has 1 heterocycles. The van der Waals surface area contributed by atoms with E-state index in [4.69, 9.17) is 27.9 Å². The van der Waals surface area contributed by atoms with E-state index in [0.717, 1.165) is 23.5 Å². The molecule has 0 saturated heterocycles. The number of thiophene rings is 1. The maximum Gasteiger partial charge on any atom is 0.349 e. The van der Waals surface area contributed by atoms with Crippen LogP contribution < -0.4 is 5.32 Å². The van der Waals surface area contributed by atoms with Gasteiger partial charge in [-0.05, 0) is 37.3 Å². The molecule has 0 radical (unpaired) electrons. The molecular formula is C14H10Cl2FNO3S. The van der Waals surface area contributed by atoms with Crippen LogP contribution >= 0.6 is 34.5 Å². The summed E-state index contributed by atoms with van der Waals surface area (Å²) >= 11 is 12.6. The van der Waals surface area contributed by atoms with E-state index in [2.05, 4.69) is 5.32 Å². The van der Waals surface area contributed by atoms with Crippen LogP contribution in [0.1, 0.15) is 16.6 Å². The van der Waals surface area contributed by atoms with Gasteiger partial charge in [-0.25, -0.2) is 9.18 Å². The molecule has 8 heteroatoms. The van der Waals surface area contributed by atoms with Crippen molar-refractivity contribution in [1.82, 2.24) is 0 Å². The normalized spacial score (nSPS) is 11.8. The maximum atomic E-state index is 12.9. The van der Waals surface area contributed by atoms with E-state index in [0.29, 0.717) is 9.21 Å². The lowest BCUT2D eigenvalue weighted by atomic mass is 10.3. The Morgan fingerprint density at radius 1 is 1.27 bits per heavy atom. The summed E-state index contributed by atoms with van der Waals surface area (Å²) in [5.41, 5.74) is 0.232. The van der Waals surface area contributed by atoms with Gasteiger partial charge in [0, 0.05) is 0 Å². The highest BCUT2D eigenvalue weighted by atomic mass is 35.5. The van der Waals surface area contributed by atoms with Crippen molar-refractivity contribution in [2.24, 2.45) is 0 Å². The highest BCUT2D eigenvalue weighted by Crippen LogP contribution is 2.24. The molecule has 1 aromatic carbocycles. The Labute approximate surface area is 139 Å². The third-order valence-electron chi connectivity index (χ3n) is 2.62. The van der Waals surface area contributed by atoms with Gasteiger partial charge in [0.1, 0.15) is 10.7 Å². The first-order chi connectivity index (χ1) is 10.4. The fraction of sp³-hybridized carbons (Fsp3) is 0.143. The van der Waals surface area contributed by atoms with Gasteiger partial charge in [-0.1, -0.05) is 23.2 Å². The predicted molar refractivity (Wildman–Crippen MR) is 84.2 cm³/mol. The van der Waals surface area contributed by atoms with E-state index in [-0.39, 0.29) is 10.7 Å². The van der Waals surface area contributed by atoms with Crippen LogP contribution in [0.3, 0.4) is 0 Å². The van der Waals surface area contributed by atoms with Gasteiger partial charge in [0.15, 0.2) is 6.10 Å². The maximum absolute atomic E-state index is 12.9. The van der Waals surface area contributed by atoms with Crippen LogP contribution in [0.5, 0.6) is 0 Å². The van der Waals surface area contributed by atoms with Crippen molar-refractivity contribution >= 4 is 52.1 Å². The van der Waals surface area contributed by atoms with Crippen molar-refractivity contribution in [2.75, 3.05) is 5.32 Å². The second-order valence-electron chi connectivity index (χ2n) is 4.26. The van der Waals surface area contributed by atoms with Crippen LogP contribution in [0.4, 0.5) is 10.1 Å². The first-order valence-electron chi connectivity index (χ1n) is 6.09. The zero-order valence-corrected chi connectivity index (χ0v) is 13.6. The molecule has 4 nitrogen and oxygen atoms in total. The van der Waals surface area contributed by atoms with Crippen molar-refractivity contribution in [2.45, 2.75) is 13.0 Å². The average Bonchev–Trinajstić information content (AvgIpc) is 2.88. The third-order valence-corrected chi connectivity index (χ3v) is 4.14. The standard InChI is InChI=1S/C14H10Cl2FNO3S/c1-7(21-14(20)11-4-5-12(16)22-11)13(19)18-10-3-2-8(17)6-9(10)15/h2-7H,1H3,(H,18,19)/t7-/m0/s1. The number of ether oxygens (including phenoxy) is 1. The first kappa shape index (κ1) is 16.7. The summed E-state index contributed by atoms with van der Waals surface area (Å²) in [6, 6.07) is 6.62. The zero-order chi connectivity index (χ0) is 16.3. The number of benzene rings is 1. The lowest BCUT2D eigenvalue weighted by Gasteiger charge is -2.13. The molecular weight excluding hydrogens is 352 g/mol. The smallest absolute Gasteiger partial charge is 0.349 e. The lowest BCUT2D eigenvalue weighted by molar-refractivity contribution is -0.123. The molecule has 0 unspecified atom stereocenters. The fourth-order valence-corrected chi connectivity index (χ4v) is 2.66. The number of hydrogen-bond acceptors (Lipinski definition) is 4. The Morgan fingerprint density at radius 3 is 2.59 bits per heavy atom. The van der Waals surface area contributed by atoms with E-state index in [1.807, 2.05) is 0 Å². The van der Waals surface area contributed by atoms with Gasteiger partial charge < -0.3 is 10.1 Å². The molecule has 0 aliphatic carbocycles. The Balaban J connectivity index is 1.98. The largest absolute Gasteiger partial charge is 0.448 e. The molecule has 1 N–H and O–H groups in total. The summed E-state index contributed by atoms with van der Waals surface area (Å²) in [5.74, 6) is -1.74. The summed E-state index contributed by atoms with van der Waals surface area (Å²) in [5, 5.41) is 2.51. The minimum absolute atomic E-state index is 0.0527. The molecule has 22 heavy (non-hydrogen) atoms. The van der Waals surface area contributed by atoms with Crippen molar-refractivity contribution in [3.05, 3.63) is 50.4 Å². The number of nitrogens with one attached hydrogen (secondary N) is 1. The van der Waals surface area contributed by atoms with Crippen LogP contribution in [0, 0.1) is 5.82 Å². The summed E-state index contributed by atoms with van der Waals surface area (Å²) in [4.78, 5) is 24.1. The van der Waals surface area contributed by atoms with Crippen LogP contribution in [0.2, 0.25) is 9.36 Å². The Hall–Kier alpha value is -1.63. The Bertz CT molecular complexity index is 720. The molecule has 2 rings (SSSR count). The summed E-state index contributed by atoms with van der Waals surface area (Å²) < 4.78 is 18.4. The van der Waals surface area contributed by atoms with E-state index in [1.54, 1.807) is 6.07 Å². The second-order valence-corrected chi connectivity index (χ2v) is 6.39. The van der Waals surface area contributed by atoms with Crippen LogP contribution in [-0.4, -0.2) is 18.0 Å². The molecule has 1 amide bonds. The monoisotopic (exact) mass is 361 g/mol. The number of halogens is 3. The third kappa shape index (κ3) is 4.19. The van der Waals surface area contributed by atoms with E-state index < -0.39 is 23.8 Å². The van der Waals surface area contributed by atoms with E-state index in [1.165, 1.54) is 19.1 Å². The van der Waals surface area contributed by atoms with Gasteiger partial charge in [0.05, 0.1) is 15.0 Å². The van der Waals surface area contributed by atoms with Gasteiger partial charge in [0.25, 0.3) is 5.91 Å². The first-order valence-corrected chi connectivity index (χ1v) is 7.66. The number of esters is 1. The highest BCUT2D eigenvalue weighted by molar-refractivity contribution is 7.17. The van der Waals surface area contributed by atoms with E-state index >= 15 is 0 Å². The molecule has 116 valence electrons. The van der Waals surface area contributed by atoms with Gasteiger partial charge in [-0.3, -0.25) is 4.79 Å². The molecule has 0 bridgehead atoms. The SMILES string of the molecule is C[C@H](OC(=O)c1ccc(Cl)s1)C(=O)Nc1ccc(F)cc1Cl. The number of amides is 1. The molecule has 2 aromatic rings. The van der Waals surface area contributed by atoms with Crippen LogP contribution in [-0.2, 0) is 9.53 Å². The molecule has 1 atom stereocenters. The van der Waals surface area contributed by atoms with Crippen LogP contribution in [0.25, 0.3) is 0 Å². The minimum Gasteiger partial charge on any atom is -0.448 e. The molecule has 0 fully saturated rings. The van der Waals surface area contributed by atoms with Crippen molar-refractivity contribution < 1.29 is 18.7 Å². The number of carbonyl (C=O) groups excluding carboxylic acids is 2. The van der Waals surface area contributed by atoms with E-state index in [9.17, 15) is 14.0 Å². The quantitative estimate of drug-likeness (QED) is 0.822. The number of rotatable bonds is 4. The van der Waals surface area contributed by atoms with Gasteiger partial charge in [-0.2, -0.15) is 0 Å². The highest BCUT2D eigenvalue weighted by Gasteiger charge is 2.20. The van der Waals surface area contributed by atoms with Crippen LogP contribution in [0.15, 0.2) is 30.3 Å². The minimum atomic E-state index is -1.05. The van der Waals surface area contributed by atoms with Gasteiger partial charge in [0.2, 0.25) is 0 Å². The van der Waals surface area contributed by atoms with Gasteiger partial charge >= 0.3 is 5.97 Å². The lowest BCUT2D eigenvalue weighted by Crippen LogP contribution is -2.29. The number of anilines is 1. The topological polar surface area (TPSA) is 55.4 Å². The molecule has 0 spiro atoms. The fourth-order valence-electron chi connectivity index (χ4n) is 1.52.